The van der Waals surface area contributed by atoms with Crippen LogP contribution in [0, 0.1) is 5.92 Å². The number of hydrogen-bond donors (Lipinski definition) is 0. The molecule has 0 saturated carbocycles. The fourth-order valence-corrected chi connectivity index (χ4v) is 4.71. The zero-order valence-corrected chi connectivity index (χ0v) is 14.0. The summed E-state index contributed by atoms with van der Waals surface area (Å²) in [6.07, 6.45) is -1.82. The maximum absolute atomic E-state index is 13.0. The SMILES string of the molecule is O=S(=O)(c1ccccc1Cn1cncn1)N1CC(C2(C(F)(F)F)N=N2)C1. The fraction of sp³-hybridized carbons (Fsp3) is 0.429. The highest BCUT2D eigenvalue weighted by Crippen LogP contribution is 2.52. The minimum absolute atomic E-state index is 0.0414. The summed E-state index contributed by atoms with van der Waals surface area (Å²) in [5.41, 5.74) is -1.95. The van der Waals surface area contributed by atoms with Crippen molar-refractivity contribution in [1.82, 2.24) is 19.1 Å². The summed E-state index contributed by atoms with van der Waals surface area (Å²) in [6, 6.07) is 6.32. The van der Waals surface area contributed by atoms with Gasteiger partial charge in [0.25, 0.3) is 5.66 Å². The Morgan fingerprint density at radius 2 is 1.88 bits per heavy atom. The molecule has 0 radical (unpaired) electrons. The lowest BCUT2D eigenvalue weighted by Gasteiger charge is -2.40. The van der Waals surface area contributed by atoms with E-state index in [4.69, 9.17) is 0 Å². The Balaban J connectivity index is 1.54. The molecule has 2 aliphatic rings. The molecule has 1 aromatic carbocycles. The molecule has 8 nitrogen and oxygen atoms in total. The summed E-state index contributed by atoms with van der Waals surface area (Å²) in [4.78, 5) is 3.85. The van der Waals surface area contributed by atoms with Crippen LogP contribution < -0.4 is 0 Å². The highest BCUT2D eigenvalue weighted by atomic mass is 32.2. The molecule has 26 heavy (non-hydrogen) atoms. The van der Waals surface area contributed by atoms with Gasteiger partial charge in [0, 0.05) is 19.0 Å². The molecular formula is C14H13F3N6O2S. The van der Waals surface area contributed by atoms with Crippen LogP contribution >= 0.6 is 0 Å². The Bertz CT molecular complexity index is 945. The molecule has 0 N–H and O–H groups in total. The summed E-state index contributed by atoms with van der Waals surface area (Å²) in [5, 5.41) is 10.2. The van der Waals surface area contributed by atoms with E-state index in [0.717, 1.165) is 4.31 Å². The zero-order valence-electron chi connectivity index (χ0n) is 13.2. The molecule has 2 aliphatic heterocycles. The Labute approximate surface area is 146 Å². The van der Waals surface area contributed by atoms with Gasteiger partial charge in [-0.05, 0) is 11.6 Å². The molecule has 0 atom stereocenters. The van der Waals surface area contributed by atoms with E-state index in [-0.39, 0.29) is 24.5 Å². The van der Waals surface area contributed by atoms with Gasteiger partial charge in [0.15, 0.2) is 0 Å². The first-order valence-corrected chi connectivity index (χ1v) is 9.09. The molecule has 12 heteroatoms. The Morgan fingerprint density at radius 3 is 2.46 bits per heavy atom. The number of rotatable bonds is 5. The first-order chi connectivity index (χ1) is 12.2. The van der Waals surface area contributed by atoms with Crippen molar-refractivity contribution in [2.75, 3.05) is 13.1 Å². The number of nitrogens with zero attached hydrogens (tertiary/aromatic N) is 6. The number of alkyl halides is 3. The third kappa shape index (κ3) is 2.60. The quantitative estimate of drug-likeness (QED) is 0.781. The predicted molar refractivity (Wildman–Crippen MR) is 81.5 cm³/mol. The highest BCUT2D eigenvalue weighted by Gasteiger charge is 2.71. The van der Waals surface area contributed by atoms with E-state index in [2.05, 4.69) is 20.3 Å². The van der Waals surface area contributed by atoms with Crippen LogP contribution in [-0.4, -0.2) is 52.4 Å². The van der Waals surface area contributed by atoms with Crippen molar-refractivity contribution in [2.24, 2.45) is 16.1 Å². The molecule has 3 heterocycles. The van der Waals surface area contributed by atoms with E-state index in [1.54, 1.807) is 18.2 Å². The summed E-state index contributed by atoms with van der Waals surface area (Å²) < 4.78 is 67.2. The molecule has 138 valence electrons. The molecule has 1 fully saturated rings. The lowest BCUT2D eigenvalue weighted by molar-refractivity contribution is -0.185. The number of benzene rings is 1. The topological polar surface area (TPSA) is 92.8 Å². The van der Waals surface area contributed by atoms with Crippen LogP contribution in [0.15, 0.2) is 52.0 Å². The minimum atomic E-state index is -4.60. The molecule has 0 bridgehead atoms. The standard InChI is InChI=1S/C14H13F3N6O2S/c15-14(16,17)13(20-21-13)11-6-23(7-11)26(24,25)12-4-2-1-3-10(12)5-22-9-18-8-19-22/h1-4,8-9,11H,5-7H2. The second kappa shape index (κ2) is 5.58. The molecule has 1 aromatic heterocycles. The number of sulfonamides is 1. The third-order valence-electron chi connectivity index (χ3n) is 4.54. The van der Waals surface area contributed by atoms with Gasteiger partial charge in [-0.15, -0.1) is 10.2 Å². The zero-order chi connectivity index (χ0) is 18.6. The van der Waals surface area contributed by atoms with Crippen molar-refractivity contribution in [2.45, 2.75) is 23.3 Å². The average molecular weight is 386 g/mol. The first kappa shape index (κ1) is 17.1. The van der Waals surface area contributed by atoms with Crippen LogP contribution in [-0.2, 0) is 16.6 Å². The van der Waals surface area contributed by atoms with Gasteiger partial charge in [0.05, 0.1) is 11.4 Å². The van der Waals surface area contributed by atoms with Crippen molar-refractivity contribution >= 4 is 10.0 Å². The van der Waals surface area contributed by atoms with Gasteiger partial charge in [-0.1, -0.05) is 18.2 Å². The van der Waals surface area contributed by atoms with E-state index in [1.165, 1.54) is 23.4 Å². The van der Waals surface area contributed by atoms with Crippen molar-refractivity contribution < 1.29 is 21.6 Å². The third-order valence-corrected chi connectivity index (χ3v) is 6.47. The Morgan fingerprint density at radius 1 is 1.19 bits per heavy atom. The van der Waals surface area contributed by atoms with Gasteiger partial charge >= 0.3 is 6.18 Å². The molecule has 4 rings (SSSR count). The minimum Gasteiger partial charge on any atom is -0.249 e. The Hall–Kier alpha value is -2.34. The number of hydrogen-bond acceptors (Lipinski definition) is 6. The number of aromatic nitrogens is 3. The van der Waals surface area contributed by atoms with Gasteiger partial charge in [-0.3, -0.25) is 0 Å². The van der Waals surface area contributed by atoms with Crippen LogP contribution in [0.3, 0.4) is 0 Å². The molecule has 0 amide bonds. The van der Waals surface area contributed by atoms with Gasteiger partial charge < -0.3 is 0 Å². The normalized spacial score (nSPS) is 20.1. The van der Waals surface area contributed by atoms with E-state index in [9.17, 15) is 21.6 Å². The van der Waals surface area contributed by atoms with E-state index in [0.29, 0.717) is 5.56 Å². The van der Waals surface area contributed by atoms with Crippen LogP contribution in [0.5, 0.6) is 0 Å². The maximum atomic E-state index is 13.0. The van der Waals surface area contributed by atoms with Crippen LogP contribution in [0.1, 0.15) is 5.56 Å². The largest absolute Gasteiger partial charge is 0.438 e. The molecule has 0 aliphatic carbocycles. The molecule has 2 aromatic rings. The molecule has 1 saturated heterocycles. The maximum Gasteiger partial charge on any atom is 0.438 e. The first-order valence-electron chi connectivity index (χ1n) is 7.65. The average Bonchev–Trinajstić information content (AvgIpc) is 3.16. The summed E-state index contributed by atoms with van der Waals surface area (Å²) in [6.45, 7) is -0.358. The van der Waals surface area contributed by atoms with Gasteiger partial charge in [0.1, 0.15) is 12.7 Å². The van der Waals surface area contributed by atoms with Crippen LogP contribution in [0.2, 0.25) is 0 Å². The monoisotopic (exact) mass is 386 g/mol. The highest BCUT2D eigenvalue weighted by molar-refractivity contribution is 7.89. The summed E-state index contributed by atoms with van der Waals surface area (Å²) >= 11 is 0. The second-order valence-corrected chi connectivity index (χ2v) is 8.05. The molecular weight excluding hydrogens is 373 g/mol. The smallest absolute Gasteiger partial charge is 0.249 e. The molecule has 0 spiro atoms. The van der Waals surface area contributed by atoms with E-state index in [1.807, 2.05) is 0 Å². The van der Waals surface area contributed by atoms with Gasteiger partial charge in [-0.25, -0.2) is 18.1 Å². The van der Waals surface area contributed by atoms with E-state index >= 15 is 0 Å². The van der Waals surface area contributed by atoms with Gasteiger partial charge in [-0.2, -0.15) is 22.6 Å². The number of halogens is 3. The van der Waals surface area contributed by atoms with Crippen LogP contribution in [0.25, 0.3) is 0 Å². The summed E-state index contributed by atoms with van der Waals surface area (Å²) in [5.74, 6) is -0.986. The van der Waals surface area contributed by atoms with Crippen molar-refractivity contribution in [3.05, 3.63) is 42.5 Å². The van der Waals surface area contributed by atoms with E-state index < -0.39 is 27.8 Å². The predicted octanol–water partition coefficient (Wildman–Crippen LogP) is 1.67. The fourth-order valence-electron chi connectivity index (χ4n) is 2.97. The van der Waals surface area contributed by atoms with Crippen molar-refractivity contribution in [3.63, 3.8) is 0 Å². The second-order valence-electron chi connectivity index (χ2n) is 6.14. The van der Waals surface area contributed by atoms with Crippen LogP contribution in [0.4, 0.5) is 13.2 Å². The van der Waals surface area contributed by atoms with Gasteiger partial charge in [0.2, 0.25) is 10.0 Å². The molecule has 0 unspecified atom stereocenters. The lowest BCUT2D eigenvalue weighted by atomic mass is 9.90. The van der Waals surface area contributed by atoms with Crippen molar-refractivity contribution in [1.29, 1.82) is 0 Å². The van der Waals surface area contributed by atoms with Crippen molar-refractivity contribution in [3.8, 4) is 0 Å². The summed E-state index contributed by atoms with van der Waals surface area (Å²) in [7, 11) is -3.93. The lowest BCUT2D eigenvalue weighted by Crippen LogP contribution is -2.59. The Kier molecular flexibility index (Phi) is 3.67.